The highest BCUT2D eigenvalue weighted by molar-refractivity contribution is 6.29. The van der Waals surface area contributed by atoms with Crippen molar-refractivity contribution in [1.82, 2.24) is 0 Å². The first kappa shape index (κ1) is 11.7. The summed E-state index contributed by atoms with van der Waals surface area (Å²) in [6.07, 6.45) is 6.74. The Hall–Kier alpha value is -1.74. The summed E-state index contributed by atoms with van der Waals surface area (Å²) < 4.78 is 5.69. The molecule has 0 spiro atoms. The van der Waals surface area contributed by atoms with E-state index in [1.54, 1.807) is 0 Å². The second-order valence-electron chi connectivity index (χ2n) is 3.66. The Morgan fingerprint density at radius 3 is 2.53 bits per heavy atom. The highest BCUT2D eigenvalue weighted by Crippen LogP contribution is 2.24. The van der Waals surface area contributed by atoms with Crippen molar-refractivity contribution in [2.45, 2.75) is 12.8 Å². The van der Waals surface area contributed by atoms with Gasteiger partial charge in [0.1, 0.15) is 11.5 Å². The van der Waals surface area contributed by atoms with Gasteiger partial charge in [0.2, 0.25) is 0 Å². The average Bonchev–Trinajstić information content (AvgIpc) is 2.35. The standard InChI is InChI=1S/C13H12ClNO2/c14-11-3-7-13(8-4-11)17-12-5-1-10(2-6-12)9-15-16/h1-3,5-7,9,16H,4,8H2/b15-9-. The second-order valence-corrected chi connectivity index (χ2v) is 4.15. The van der Waals surface area contributed by atoms with E-state index in [1.165, 1.54) is 6.21 Å². The van der Waals surface area contributed by atoms with E-state index >= 15 is 0 Å². The Morgan fingerprint density at radius 1 is 1.18 bits per heavy atom. The predicted octanol–water partition coefficient (Wildman–Crippen LogP) is 3.67. The van der Waals surface area contributed by atoms with Gasteiger partial charge in [-0.15, -0.1) is 0 Å². The molecule has 88 valence electrons. The van der Waals surface area contributed by atoms with E-state index in [1.807, 2.05) is 36.4 Å². The average molecular weight is 250 g/mol. The molecule has 0 amide bonds. The van der Waals surface area contributed by atoms with Gasteiger partial charge in [-0.25, -0.2) is 0 Å². The fourth-order valence-corrected chi connectivity index (χ4v) is 1.68. The maximum Gasteiger partial charge on any atom is 0.126 e. The Kier molecular flexibility index (Phi) is 3.83. The molecular weight excluding hydrogens is 238 g/mol. The van der Waals surface area contributed by atoms with Gasteiger partial charge < -0.3 is 9.94 Å². The molecule has 1 aromatic rings. The molecule has 0 saturated carbocycles. The number of allylic oxidation sites excluding steroid dienone is 4. The lowest BCUT2D eigenvalue weighted by Crippen LogP contribution is -1.98. The van der Waals surface area contributed by atoms with Crippen molar-refractivity contribution in [3.05, 3.63) is 52.8 Å². The van der Waals surface area contributed by atoms with Gasteiger partial charge in [-0.3, -0.25) is 0 Å². The first-order valence-corrected chi connectivity index (χ1v) is 5.66. The molecule has 0 saturated heterocycles. The van der Waals surface area contributed by atoms with E-state index in [0.29, 0.717) is 0 Å². The minimum atomic E-state index is 0.762. The van der Waals surface area contributed by atoms with E-state index in [-0.39, 0.29) is 0 Å². The summed E-state index contributed by atoms with van der Waals surface area (Å²) in [5.74, 6) is 1.66. The fraction of sp³-hybridized carbons (Fsp3) is 0.154. The maximum absolute atomic E-state index is 8.39. The van der Waals surface area contributed by atoms with Gasteiger partial charge in [-0.05, 0) is 48.4 Å². The van der Waals surface area contributed by atoms with Crippen molar-refractivity contribution in [1.29, 1.82) is 0 Å². The van der Waals surface area contributed by atoms with E-state index < -0.39 is 0 Å². The molecule has 3 nitrogen and oxygen atoms in total. The molecular formula is C13H12ClNO2. The number of hydrogen-bond donors (Lipinski definition) is 1. The van der Waals surface area contributed by atoms with Gasteiger partial charge in [0.05, 0.1) is 6.21 Å². The molecule has 0 aliphatic heterocycles. The lowest BCUT2D eigenvalue weighted by atomic mass is 10.1. The van der Waals surface area contributed by atoms with E-state index in [4.69, 9.17) is 21.5 Å². The number of rotatable bonds is 3. The molecule has 0 heterocycles. The lowest BCUT2D eigenvalue weighted by molar-refractivity contribution is 0.322. The van der Waals surface area contributed by atoms with Crippen LogP contribution >= 0.6 is 11.6 Å². The van der Waals surface area contributed by atoms with Crippen LogP contribution < -0.4 is 4.74 Å². The summed E-state index contributed by atoms with van der Waals surface area (Å²) in [7, 11) is 0. The van der Waals surface area contributed by atoms with E-state index in [0.717, 1.165) is 34.9 Å². The van der Waals surface area contributed by atoms with Crippen molar-refractivity contribution in [3.8, 4) is 5.75 Å². The Balaban J connectivity index is 2.04. The Labute approximate surface area is 105 Å². The summed E-state index contributed by atoms with van der Waals surface area (Å²) in [6, 6.07) is 7.30. The Morgan fingerprint density at radius 2 is 1.94 bits per heavy atom. The van der Waals surface area contributed by atoms with Crippen LogP contribution in [0, 0.1) is 0 Å². The third-order valence-electron chi connectivity index (χ3n) is 2.40. The van der Waals surface area contributed by atoms with Crippen LogP contribution in [0.3, 0.4) is 0 Å². The van der Waals surface area contributed by atoms with Gasteiger partial charge in [0.25, 0.3) is 0 Å². The van der Waals surface area contributed by atoms with E-state index in [9.17, 15) is 0 Å². The number of hydrogen-bond acceptors (Lipinski definition) is 3. The highest BCUT2D eigenvalue weighted by atomic mass is 35.5. The zero-order valence-electron chi connectivity index (χ0n) is 9.14. The van der Waals surface area contributed by atoms with Crippen LogP contribution in [0.25, 0.3) is 0 Å². The van der Waals surface area contributed by atoms with Crippen LogP contribution in [0.4, 0.5) is 0 Å². The largest absolute Gasteiger partial charge is 0.462 e. The molecule has 1 aliphatic rings. The first-order chi connectivity index (χ1) is 8.28. The van der Waals surface area contributed by atoms with Crippen molar-refractivity contribution in [3.63, 3.8) is 0 Å². The number of nitrogens with zero attached hydrogens (tertiary/aromatic N) is 1. The fourth-order valence-electron chi connectivity index (χ4n) is 1.52. The second kappa shape index (κ2) is 5.55. The van der Waals surface area contributed by atoms with Crippen molar-refractivity contribution < 1.29 is 9.94 Å². The van der Waals surface area contributed by atoms with Gasteiger partial charge >= 0.3 is 0 Å². The van der Waals surface area contributed by atoms with E-state index in [2.05, 4.69) is 5.16 Å². The zero-order chi connectivity index (χ0) is 12.1. The summed E-state index contributed by atoms with van der Waals surface area (Å²) in [4.78, 5) is 0. The molecule has 1 aliphatic carbocycles. The molecule has 0 radical (unpaired) electrons. The normalized spacial score (nSPS) is 15.6. The van der Waals surface area contributed by atoms with Gasteiger partial charge in [0.15, 0.2) is 0 Å². The molecule has 0 bridgehead atoms. The first-order valence-electron chi connectivity index (χ1n) is 5.28. The number of benzene rings is 1. The molecule has 17 heavy (non-hydrogen) atoms. The third kappa shape index (κ3) is 3.36. The maximum atomic E-state index is 8.39. The summed E-state index contributed by atoms with van der Waals surface area (Å²) >= 11 is 5.86. The molecule has 0 unspecified atom stereocenters. The van der Waals surface area contributed by atoms with Gasteiger partial charge in [-0.1, -0.05) is 16.8 Å². The molecule has 2 rings (SSSR count). The number of oxime groups is 1. The minimum absolute atomic E-state index is 0.762. The Bertz CT molecular complexity index is 475. The van der Waals surface area contributed by atoms with Crippen LogP contribution in [0.5, 0.6) is 5.75 Å². The van der Waals surface area contributed by atoms with Crippen LogP contribution in [-0.4, -0.2) is 11.4 Å². The topological polar surface area (TPSA) is 41.8 Å². The predicted molar refractivity (Wildman–Crippen MR) is 67.7 cm³/mol. The number of halogens is 1. The molecule has 0 atom stereocenters. The van der Waals surface area contributed by atoms with Crippen LogP contribution in [-0.2, 0) is 0 Å². The zero-order valence-corrected chi connectivity index (χ0v) is 9.89. The quantitative estimate of drug-likeness (QED) is 0.504. The molecule has 0 fully saturated rings. The van der Waals surface area contributed by atoms with Gasteiger partial charge in [-0.2, -0.15) is 0 Å². The van der Waals surface area contributed by atoms with Crippen LogP contribution in [0.2, 0.25) is 0 Å². The summed E-state index contributed by atoms with van der Waals surface area (Å²) in [6.45, 7) is 0. The molecule has 4 heteroatoms. The minimum Gasteiger partial charge on any atom is -0.462 e. The third-order valence-corrected chi connectivity index (χ3v) is 2.71. The van der Waals surface area contributed by atoms with Crippen molar-refractivity contribution in [2.24, 2.45) is 5.16 Å². The lowest BCUT2D eigenvalue weighted by Gasteiger charge is -2.12. The van der Waals surface area contributed by atoms with Crippen molar-refractivity contribution in [2.75, 3.05) is 0 Å². The smallest absolute Gasteiger partial charge is 0.126 e. The monoisotopic (exact) mass is 249 g/mol. The van der Waals surface area contributed by atoms with Crippen LogP contribution in [0.15, 0.2) is 52.4 Å². The highest BCUT2D eigenvalue weighted by Gasteiger charge is 2.06. The number of ether oxygens (including phenoxy) is 1. The van der Waals surface area contributed by atoms with Crippen LogP contribution in [0.1, 0.15) is 18.4 Å². The SMILES string of the molecule is O/N=C\c1ccc(OC2=CC=C(Cl)CC2)cc1. The summed E-state index contributed by atoms with van der Waals surface area (Å²) in [5.41, 5.74) is 0.820. The molecule has 1 N–H and O–H groups in total. The van der Waals surface area contributed by atoms with Crippen molar-refractivity contribution >= 4 is 17.8 Å². The molecule has 1 aromatic carbocycles. The van der Waals surface area contributed by atoms with Gasteiger partial charge in [0, 0.05) is 11.5 Å². The molecule has 0 aromatic heterocycles. The summed E-state index contributed by atoms with van der Waals surface area (Å²) in [5, 5.41) is 12.2.